The van der Waals surface area contributed by atoms with Gasteiger partial charge in [0.2, 0.25) is 0 Å². The molecule has 4 nitrogen and oxygen atoms in total. The van der Waals surface area contributed by atoms with E-state index in [1.165, 1.54) is 0 Å². The number of piperidine rings is 1. The van der Waals surface area contributed by atoms with Gasteiger partial charge in [-0.3, -0.25) is 0 Å². The van der Waals surface area contributed by atoms with E-state index < -0.39 is 0 Å². The van der Waals surface area contributed by atoms with Crippen molar-refractivity contribution >= 4 is 17.4 Å². The second kappa shape index (κ2) is 7.65. The monoisotopic (exact) mass is 283 g/mol. The number of rotatable bonds is 6. The SMILES string of the molecule is CCCc1cc(N2CCC(OCCCl)CC2)ncn1. The Morgan fingerprint density at radius 2 is 2.16 bits per heavy atom. The van der Waals surface area contributed by atoms with Gasteiger partial charge in [-0.05, 0) is 19.3 Å². The molecule has 0 aromatic carbocycles. The van der Waals surface area contributed by atoms with E-state index in [1.54, 1.807) is 6.33 Å². The zero-order valence-corrected chi connectivity index (χ0v) is 12.3. The van der Waals surface area contributed by atoms with E-state index in [2.05, 4.69) is 27.9 Å². The van der Waals surface area contributed by atoms with Gasteiger partial charge < -0.3 is 9.64 Å². The Hall–Kier alpha value is -0.870. The van der Waals surface area contributed by atoms with Crippen LogP contribution < -0.4 is 4.90 Å². The number of aromatic nitrogens is 2. The quantitative estimate of drug-likeness (QED) is 0.753. The van der Waals surface area contributed by atoms with Crippen molar-refractivity contribution < 1.29 is 4.74 Å². The average Bonchev–Trinajstić information content (AvgIpc) is 2.46. The molecule has 0 saturated carbocycles. The lowest BCUT2D eigenvalue weighted by Gasteiger charge is -2.32. The third-order valence-corrected chi connectivity index (χ3v) is 3.57. The Balaban J connectivity index is 1.88. The molecule has 0 aliphatic carbocycles. The topological polar surface area (TPSA) is 38.2 Å². The molecule has 0 amide bonds. The molecule has 1 fully saturated rings. The lowest BCUT2D eigenvalue weighted by atomic mass is 10.1. The summed E-state index contributed by atoms with van der Waals surface area (Å²) in [6, 6.07) is 2.11. The van der Waals surface area contributed by atoms with Crippen molar-refractivity contribution in [1.82, 2.24) is 9.97 Å². The zero-order chi connectivity index (χ0) is 13.5. The van der Waals surface area contributed by atoms with Crippen molar-refractivity contribution in [3.8, 4) is 0 Å². The first-order valence-electron chi connectivity index (χ1n) is 7.07. The highest BCUT2D eigenvalue weighted by molar-refractivity contribution is 6.17. The summed E-state index contributed by atoms with van der Waals surface area (Å²) >= 11 is 5.64. The number of alkyl halides is 1. The summed E-state index contributed by atoms with van der Waals surface area (Å²) < 4.78 is 5.69. The first-order chi connectivity index (χ1) is 9.33. The van der Waals surface area contributed by atoms with Crippen LogP contribution in [0.1, 0.15) is 31.9 Å². The summed E-state index contributed by atoms with van der Waals surface area (Å²) in [5, 5.41) is 0. The predicted molar refractivity (Wildman–Crippen MR) is 77.9 cm³/mol. The Morgan fingerprint density at radius 1 is 1.37 bits per heavy atom. The summed E-state index contributed by atoms with van der Waals surface area (Å²) in [4.78, 5) is 11.0. The van der Waals surface area contributed by atoms with Gasteiger partial charge in [-0.15, -0.1) is 11.6 Å². The highest BCUT2D eigenvalue weighted by atomic mass is 35.5. The lowest BCUT2D eigenvalue weighted by Crippen LogP contribution is -2.37. The van der Waals surface area contributed by atoms with E-state index >= 15 is 0 Å². The Labute approximate surface area is 120 Å². The molecule has 106 valence electrons. The lowest BCUT2D eigenvalue weighted by molar-refractivity contribution is 0.0471. The minimum absolute atomic E-state index is 0.354. The summed E-state index contributed by atoms with van der Waals surface area (Å²) in [6.45, 7) is 4.81. The van der Waals surface area contributed by atoms with Crippen LogP contribution in [0.3, 0.4) is 0 Å². The normalized spacial score (nSPS) is 16.8. The van der Waals surface area contributed by atoms with Crippen LogP contribution in [-0.4, -0.2) is 41.6 Å². The largest absolute Gasteiger partial charge is 0.377 e. The van der Waals surface area contributed by atoms with E-state index in [1.807, 2.05) is 0 Å². The standard InChI is InChI=1S/C14H22ClN3O/c1-2-3-12-10-14(17-11-16-12)18-7-4-13(5-8-18)19-9-6-15/h10-11,13H,2-9H2,1H3. The number of halogens is 1. The number of hydrogen-bond acceptors (Lipinski definition) is 4. The van der Waals surface area contributed by atoms with Crippen LogP contribution in [0.4, 0.5) is 5.82 Å². The molecule has 2 heterocycles. The van der Waals surface area contributed by atoms with Crippen molar-refractivity contribution in [3.05, 3.63) is 18.1 Å². The molecular formula is C14H22ClN3O. The van der Waals surface area contributed by atoms with Gasteiger partial charge in [-0.1, -0.05) is 13.3 Å². The molecule has 0 N–H and O–H groups in total. The van der Waals surface area contributed by atoms with Gasteiger partial charge >= 0.3 is 0 Å². The van der Waals surface area contributed by atoms with Crippen LogP contribution in [0, 0.1) is 0 Å². The van der Waals surface area contributed by atoms with Crippen LogP contribution in [-0.2, 0) is 11.2 Å². The van der Waals surface area contributed by atoms with Crippen molar-refractivity contribution in [2.45, 2.75) is 38.7 Å². The molecule has 1 aromatic rings. The number of hydrogen-bond donors (Lipinski definition) is 0. The molecule has 0 bridgehead atoms. The second-order valence-corrected chi connectivity index (χ2v) is 5.24. The van der Waals surface area contributed by atoms with Gasteiger partial charge in [0.05, 0.1) is 12.7 Å². The number of ether oxygens (including phenoxy) is 1. The number of aryl methyl sites for hydroxylation is 1. The van der Waals surface area contributed by atoms with E-state index in [0.717, 1.165) is 50.3 Å². The molecule has 1 aliphatic rings. The fraction of sp³-hybridized carbons (Fsp3) is 0.714. The highest BCUT2D eigenvalue weighted by Gasteiger charge is 2.20. The Bertz CT molecular complexity index is 381. The molecule has 1 aliphatic heterocycles. The molecule has 1 aromatic heterocycles. The molecule has 1 saturated heterocycles. The minimum atomic E-state index is 0.354. The van der Waals surface area contributed by atoms with Crippen molar-refractivity contribution in [3.63, 3.8) is 0 Å². The molecular weight excluding hydrogens is 262 g/mol. The molecule has 0 unspecified atom stereocenters. The number of nitrogens with zero attached hydrogens (tertiary/aromatic N) is 3. The maximum absolute atomic E-state index is 5.69. The molecule has 5 heteroatoms. The first kappa shape index (κ1) is 14.5. The predicted octanol–water partition coefficient (Wildman–Crippen LogP) is 2.65. The fourth-order valence-electron chi connectivity index (χ4n) is 2.41. The maximum Gasteiger partial charge on any atom is 0.132 e. The second-order valence-electron chi connectivity index (χ2n) is 4.86. The number of anilines is 1. The van der Waals surface area contributed by atoms with Crippen molar-refractivity contribution in [2.24, 2.45) is 0 Å². The van der Waals surface area contributed by atoms with Gasteiger partial charge in [-0.25, -0.2) is 9.97 Å². The summed E-state index contributed by atoms with van der Waals surface area (Å²) in [6.07, 6.45) is 6.26. The van der Waals surface area contributed by atoms with Crippen LogP contribution in [0.15, 0.2) is 12.4 Å². The van der Waals surface area contributed by atoms with Crippen LogP contribution in [0.25, 0.3) is 0 Å². The van der Waals surface area contributed by atoms with Gasteiger partial charge in [0.25, 0.3) is 0 Å². The third kappa shape index (κ3) is 4.32. The molecule has 19 heavy (non-hydrogen) atoms. The summed E-state index contributed by atoms with van der Waals surface area (Å²) in [5.74, 6) is 1.63. The van der Waals surface area contributed by atoms with Crippen LogP contribution in [0.5, 0.6) is 0 Å². The van der Waals surface area contributed by atoms with E-state index in [9.17, 15) is 0 Å². The first-order valence-corrected chi connectivity index (χ1v) is 7.60. The Kier molecular flexibility index (Phi) is 5.86. The highest BCUT2D eigenvalue weighted by Crippen LogP contribution is 2.20. The zero-order valence-electron chi connectivity index (χ0n) is 11.5. The molecule has 0 atom stereocenters. The summed E-state index contributed by atoms with van der Waals surface area (Å²) in [5.41, 5.74) is 1.13. The van der Waals surface area contributed by atoms with E-state index in [4.69, 9.17) is 16.3 Å². The van der Waals surface area contributed by atoms with Crippen LogP contribution in [0.2, 0.25) is 0 Å². The fourth-order valence-corrected chi connectivity index (χ4v) is 2.50. The molecule has 2 rings (SSSR count). The maximum atomic E-state index is 5.69. The summed E-state index contributed by atoms with van der Waals surface area (Å²) in [7, 11) is 0. The third-order valence-electron chi connectivity index (χ3n) is 3.41. The van der Waals surface area contributed by atoms with Gasteiger partial charge in [0, 0.05) is 30.7 Å². The molecule has 0 spiro atoms. The van der Waals surface area contributed by atoms with Crippen LogP contribution >= 0.6 is 11.6 Å². The molecule has 0 radical (unpaired) electrons. The average molecular weight is 284 g/mol. The van der Waals surface area contributed by atoms with E-state index in [-0.39, 0.29) is 0 Å². The van der Waals surface area contributed by atoms with Crippen molar-refractivity contribution in [1.29, 1.82) is 0 Å². The smallest absolute Gasteiger partial charge is 0.132 e. The minimum Gasteiger partial charge on any atom is -0.377 e. The van der Waals surface area contributed by atoms with Gasteiger partial charge in [0.1, 0.15) is 12.1 Å². The van der Waals surface area contributed by atoms with Gasteiger partial charge in [-0.2, -0.15) is 0 Å². The Morgan fingerprint density at radius 3 is 2.84 bits per heavy atom. The van der Waals surface area contributed by atoms with E-state index in [0.29, 0.717) is 18.6 Å². The van der Waals surface area contributed by atoms with Gasteiger partial charge in [0.15, 0.2) is 0 Å². The van der Waals surface area contributed by atoms with Crippen molar-refractivity contribution in [2.75, 3.05) is 30.5 Å².